The fourth-order valence-corrected chi connectivity index (χ4v) is 3.45. The average Bonchev–Trinajstić information content (AvgIpc) is 2.92. The third-order valence-electron chi connectivity index (χ3n) is 4.59. The van der Waals surface area contributed by atoms with Crippen LogP contribution in [0.2, 0.25) is 0 Å². The van der Waals surface area contributed by atoms with Crippen molar-refractivity contribution in [3.05, 3.63) is 42.1 Å². The highest BCUT2D eigenvalue weighted by molar-refractivity contribution is 5.78. The summed E-state index contributed by atoms with van der Waals surface area (Å²) in [4.78, 5) is 4.65. The highest BCUT2D eigenvalue weighted by Crippen LogP contribution is 2.39. The number of hydrogen-bond acceptors (Lipinski definition) is 2. The second-order valence-electron chi connectivity index (χ2n) is 7.39. The predicted molar refractivity (Wildman–Crippen MR) is 89.6 cm³/mol. The molecule has 1 aliphatic rings. The molecule has 21 heavy (non-hydrogen) atoms. The lowest BCUT2D eigenvalue weighted by molar-refractivity contribution is 0.356. The Bertz CT molecular complexity index is 612. The van der Waals surface area contributed by atoms with Gasteiger partial charge in [-0.1, -0.05) is 24.6 Å². The summed E-state index contributed by atoms with van der Waals surface area (Å²) in [5.41, 5.74) is 2.73. The van der Waals surface area contributed by atoms with E-state index in [-0.39, 0.29) is 5.54 Å². The molecule has 2 unspecified atom stereocenters. The summed E-state index contributed by atoms with van der Waals surface area (Å²) in [7, 11) is 0. The zero-order valence-electron chi connectivity index (χ0n) is 13.4. The standard InChI is InChI=1S/C19H26N2/c1-19(2,3)21-13-15-8-6-9-17(15)16-11-14-7-4-5-10-18(14)20-12-16/h4-5,7,10-12,15,17,21H,6,8-9,13H2,1-3H3. The molecule has 2 atom stereocenters. The first-order valence-electron chi connectivity index (χ1n) is 8.13. The molecule has 1 N–H and O–H groups in total. The Balaban J connectivity index is 1.79. The molecule has 0 bridgehead atoms. The molecule has 2 aromatic rings. The fraction of sp³-hybridized carbons (Fsp3) is 0.526. The minimum absolute atomic E-state index is 0.203. The van der Waals surface area contributed by atoms with Crippen molar-refractivity contribution in [1.82, 2.24) is 10.3 Å². The summed E-state index contributed by atoms with van der Waals surface area (Å²) in [6, 6.07) is 10.8. The molecule has 0 radical (unpaired) electrons. The van der Waals surface area contributed by atoms with Gasteiger partial charge in [0, 0.05) is 17.1 Å². The van der Waals surface area contributed by atoms with Crippen molar-refractivity contribution in [1.29, 1.82) is 0 Å². The molecule has 1 aromatic carbocycles. The largest absolute Gasteiger partial charge is 0.312 e. The molecule has 1 aliphatic carbocycles. The van der Waals surface area contributed by atoms with Crippen molar-refractivity contribution in [3.8, 4) is 0 Å². The van der Waals surface area contributed by atoms with Crippen LogP contribution in [0.4, 0.5) is 0 Å². The van der Waals surface area contributed by atoms with Crippen molar-refractivity contribution >= 4 is 10.9 Å². The Morgan fingerprint density at radius 1 is 1.19 bits per heavy atom. The molecule has 0 amide bonds. The molecule has 2 nitrogen and oxygen atoms in total. The average molecular weight is 282 g/mol. The number of rotatable bonds is 3. The molecule has 1 saturated carbocycles. The Hall–Kier alpha value is -1.41. The molecule has 1 heterocycles. The topological polar surface area (TPSA) is 24.9 Å². The van der Waals surface area contributed by atoms with Gasteiger partial charge in [0.1, 0.15) is 0 Å². The van der Waals surface area contributed by atoms with Crippen molar-refractivity contribution in [2.24, 2.45) is 5.92 Å². The smallest absolute Gasteiger partial charge is 0.0702 e. The van der Waals surface area contributed by atoms with Crippen molar-refractivity contribution < 1.29 is 0 Å². The van der Waals surface area contributed by atoms with Crippen LogP contribution in [0, 0.1) is 5.92 Å². The molecule has 1 aromatic heterocycles. The molecule has 3 rings (SSSR count). The number of fused-ring (bicyclic) bond motifs is 1. The van der Waals surface area contributed by atoms with E-state index in [2.05, 4.69) is 67.6 Å². The Kier molecular flexibility index (Phi) is 3.99. The SMILES string of the molecule is CC(C)(C)NCC1CCCC1c1cnc2ccccc2c1. The summed E-state index contributed by atoms with van der Waals surface area (Å²) in [6.07, 6.45) is 6.08. The number of hydrogen-bond donors (Lipinski definition) is 1. The number of nitrogens with zero attached hydrogens (tertiary/aromatic N) is 1. The van der Waals surface area contributed by atoms with Crippen molar-refractivity contribution in [3.63, 3.8) is 0 Å². The lowest BCUT2D eigenvalue weighted by Gasteiger charge is -2.26. The highest BCUT2D eigenvalue weighted by atomic mass is 14.9. The number of benzene rings is 1. The van der Waals surface area contributed by atoms with Gasteiger partial charge in [0.15, 0.2) is 0 Å². The second-order valence-corrected chi connectivity index (χ2v) is 7.39. The maximum atomic E-state index is 4.65. The van der Waals surface area contributed by atoms with Gasteiger partial charge in [-0.2, -0.15) is 0 Å². The highest BCUT2D eigenvalue weighted by Gasteiger charge is 2.29. The van der Waals surface area contributed by atoms with Crippen LogP contribution < -0.4 is 5.32 Å². The van der Waals surface area contributed by atoms with E-state index in [0.29, 0.717) is 5.92 Å². The van der Waals surface area contributed by atoms with Crippen LogP contribution in [0.3, 0.4) is 0 Å². The molecule has 0 aliphatic heterocycles. The van der Waals surface area contributed by atoms with E-state index in [9.17, 15) is 0 Å². The summed E-state index contributed by atoms with van der Waals surface area (Å²) < 4.78 is 0. The van der Waals surface area contributed by atoms with E-state index in [0.717, 1.165) is 18.0 Å². The molecule has 0 spiro atoms. The quantitative estimate of drug-likeness (QED) is 0.896. The van der Waals surface area contributed by atoms with Crippen molar-refractivity contribution in [2.45, 2.75) is 51.5 Å². The first-order chi connectivity index (χ1) is 10.0. The second kappa shape index (κ2) is 5.76. The van der Waals surface area contributed by atoms with E-state index >= 15 is 0 Å². The first-order valence-corrected chi connectivity index (χ1v) is 8.13. The molecular formula is C19H26N2. The number of para-hydroxylation sites is 1. The third kappa shape index (κ3) is 3.44. The van der Waals surface area contributed by atoms with Gasteiger partial charge in [-0.25, -0.2) is 0 Å². The van der Waals surface area contributed by atoms with Gasteiger partial charge in [-0.15, -0.1) is 0 Å². The van der Waals surface area contributed by atoms with E-state index in [4.69, 9.17) is 0 Å². The van der Waals surface area contributed by atoms with Gasteiger partial charge < -0.3 is 5.32 Å². The van der Waals surface area contributed by atoms with Gasteiger partial charge in [-0.05, 0) is 69.7 Å². The number of pyridine rings is 1. The van der Waals surface area contributed by atoms with Crippen LogP contribution in [0.25, 0.3) is 10.9 Å². The molecule has 0 saturated heterocycles. The summed E-state index contributed by atoms with van der Waals surface area (Å²) in [5.74, 6) is 1.41. The van der Waals surface area contributed by atoms with Crippen LogP contribution in [0.1, 0.15) is 51.5 Å². The minimum Gasteiger partial charge on any atom is -0.312 e. The third-order valence-corrected chi connectivity index (χ3v) is 4.59. The zero-order valence-corrected chi connectivity index (χ0v) is 13.4. The minimum atomic E-state index is 0.203. The van der Waals surface area contributed by atoms with Crippen LogP contribution in [0.15, 0.2) is 36.5 Å². The fourth-order valence-electron chi connectivity index (χ4n) is 3.45. The molecule has 2 heteroatoms. The molecular weight excluding hydrogens is 256 g/mol. The maximum absolute atomic E-state index is 4.65. The van der Waals surface area contributed by atoms with Crippen LogP contribution in [0.5, 0.6) is 0 Å². The van der Waals surface area contributed by atoms with Gasteiger partial charge in [0.2, 0.25) is 0 Å². The van der Waals surface area contributed by atoms with Gasteiger partial charge in [0.25, 0.3) is 0 Å². The van der Waals surface area contributed by atoms with Gasteiger partial charge in [-0.3, -0.25) is 4.98 Å². The summed E-state index contributed by atoms with van der Waals surface area (Å²) in [5, 5.41) is 4.95. The van der Waals surface area contributed by atoms with E-state index in [1.807, 2.05) is 0 Å². The van der Waals surface area contributed by atoms with E-state index in [1.165, 1.54) is 30.2 Å². The summed E-state index contributed by atoms with van der Waals surface area (Å²) in [6.45, 7) is 7.85. The maximum Gasteiger partial charge on any atom is 0.0702 e. The lowest BCUT2D eigenvalue weighted by atomic mass is 9.88. The molecule has 1 fully saturated rings. The zero-order chi connectivity index (χ0) is 14.9. The first kappa shape index (κ1) is 14.5. The van der Waals surface area contributed by atoms with Gasteiger partial charge in [0.05, 0.1) is 5.52 Å². The van der Waals surface area contributed by atoms with Crippen LogP contribution >= 0.6 is 0 Å². The van der Waals surface area contributed by atoms with E-state index < -0.39 is 0 Å². The Morgan fingerprint density at radius 2 is 2.00 bits per heavy atom. The van der Waals surface area contributed by atoms with Crippen LogP contribution in [-0.2, 0) is 0 Å². The van der Waals surface area contributed by atoms with Gasteiger partial charge >= 0.3 is 0 Å². The van der Waals surface area contributed by atoms with Crippen molar-refractivity contribution in [2.75, 3.05) is 6.54 Å². The normalized spacial score (nSPS) is 22.8. The lowest BCUT2D eigenvalue weighted by Crippen LogP contribution is -2.39. The molecule has 112 valence electrons. The monoisotopic (exact) mass is 282 g/mol. The number of aromatic nitrogens is 1. The number of nitrogens with one attached hydrogen (secondary N) is 1. The predicted octanol–water partition coefficient (Wildman–Crippen LogP) is 4.51. The van der Waals surface area contributed by atoms with Crippen LogP contribution in [-0.4, -0.2) is 17.1 Å². The Labute approximate surface area is 128 Å². The van der Waals surface area contributed by atoms with E-state index in [1.54, 1.807) is 0 Å². The summed E-state index contributed by atoms with van der Waals surface area (Å²) >= 11 is 0. The Morgan fingerprint density at radius 3 is 2.81 bits per heavy atom.